The molecule has 2 saturated heterocycles. The number of aliphatic hydroxyl groups is 1. The van der Waals surface area contributed by atoms with Crippen LogP contribution < -0.4 is 25.2 Å². The third kappa shape index (κ3) is 12.0. The quantitative estimate of drug-likeness (QED) is 0.0601. The fourth-order valence-corrected chi connectivity index (χ4v) is 10.0. The van der Waals surface area contributed by atoms with E-state index in [1.54, 1.807) is 53.8 Å². The summed E-state index contributed by atoms with van der Waals surface area (Å²) in [6, 6.07) is 25.2. The van der Waals surface area contributed by atoms with E-state index < -0.39 is 70.1 Å². The van der Waals surface area contributed by atoms with Crippen LogP contribution in [0.25, 0.3) is 21.6 Å². The molecule has 0 spiro atoms. The molecule has 7 rings (SSSR count). The number of thiazole rings is 1. The molecule has 0 bridgehead atoms. The molecule has 0 saturated carbocycles. The summed E-state index contributed by atoms with van der Waals surface area (Å²) in [6.07, 6.45) is -4.44. The third-order valence-corrected chi connectivity index (χ3v) is 13.9. The van der Waals surface area contributed by atoms with Crippen LogP contribution in [0.15, 0.2) is 96.5 Å². The lowest BCUT2D eigenvalue weighted by Gasteiger charge is -2.35. The standard InChI is InChI=1S/C53H56F3N7O7S2/c1-32-45(72-31-59-32)35-14-12-33(13-15-35)28-58-47(66)43-26-40(64)29-61(43)48(67)46(51(2,3)4)60-44(65)30-69-22-7-8-23-70-41-11-9-10-36(24-41)34-16-19-38(20-17-34)63-50(71)62(49(68)52(63,5)6)39-21-18-37(27-57)42(25-39)53(54,55)56/h9-21,24-25,31,40,43,46,64H,7-8,22-23,26,28-30H2,1-6H3,(H,58,66)(H,60,65)/t40-,43+,46-/m1/s1. The van der Waals surface area contributed by atoms with E-state index in [-0.39, 0.29) is 43.5 Å². The Bertz CT molecular complexity index is 2860. The fraction of sp³-hybridized carbons (Fsp3) is 0.377. The van der Waals surface area contributed by atoms with Gasteiger partial charge in [0.2, 0.25) is 17.7 Å². The minimum atomic E-state index is -4.81. The molecule has 4 amide bonds. The van der Waals surface area contributed by atoms with Gasteiger partial charge in [-0.15, -0.1) is 11.3 Å². The van der Waals surface area contributed by atoms with E-state index in [4.69, 9.17) is 21.7 Å². The Labute approximate surface area is 425 Å². The van der Waals surface area contributed by atoms with Gasteiger partial charge in [-0.2, -0.15) is 18.4 Å². The molecule has 3 N–H and O–H groups in total. The number of amides is 4. The zero-order valence-corrected chi connectivity index (χ0v) is 42.3. The number of nitriles is 1. The van der Waals surface area contributed by atoms with Gasteiger partial charge in [0.1, 0.15) is 30.0 Å². The average molecular weight is 1020 g/mol. The second-order valence-electron chi connectivity index (χ2n) is 19.3. The molecule has 4 aromatic carbocycles. The molecule has 3 heterocycles. The molecule has 2 aliphatic rings. The number of anilines is 2. The van der Waals surface area contributed by atoms with Gasteiger partial charge in [-0.3, -0.25) is 24.1 Å². The normalized spacial score (nSPS) is 17.2. The molecule has 5 aromatic rings. The number of carbonyl (C=O) groups is 4. The van der Waals surface area contributed by atoms with Gasteiger partial charge in [0.15, 0.2) is 5.11 Å². The van der Waals surface area contributed by atoms with E-state index in [0.29, 0.717) is 30.9 Å². The maximum atomic E-state index is 14.0. The fourth-order valence-electron chi connectivity index (χ4n) is 8.67. The Balaban J connectivity index is 0.859. The number of hydrogen-bond donors (Lipinski definition) is 3. The van der Waals surface area contributed by atoms with Crippen LogP contribution in [0.4, 0.5) is 24.5 Å². The van der Waals surface area contributed by atoms with E-state index in [2.05, 4.69) is 15.6 Å². The second kappa shape index (κ2) is 22.0. The van der Waals surface area contributed by atoms with Crippen molar-refractivity contribution in [3.8, 4) is 33.4 Å². The van der Waals surface area contributed by atoms with Crippen molar-refractivity contribution in [2.45, 2.75) is 97.3 Å². The number of thiocarbonyl (C=S) groups is 1. The number of carbonyl (C=O) groups excluding carboxylic acids is 4. The van der Waals surface area contributed by atoms with Crippen LogP contribution >= 0.6 is 23.6 Å². The summed E-state index contributed by atoms with van der Waals surface area (Å²) in [5.41, 5.74) is 3.12. The summed E-state index contributed by atoms with van der Waals surface area (Å²) in [6.45, 7) is 11.2. The first-order chi connectivity index (χ1) is 34.1. The van der Waals surface area contributed by atoms with Gasteiger partial charge < -0.3 is 35.0 Å². The monoisotopic (exact) mass is 1020 g/mol. The van der Waals surface area contributed by atoms with Crippen molar-refractivity contribution in [1.29, 1.82) is 5.26 Å². The van der Waals surface area contributed by atoms with Gasteiger partial charge >= 0.3 is 6.18 Å². The number of hydrogen-bond acceptors (Lipinski definition) is 11. The molecule has 19 heteroatoms. The van der Waals surface area contributed by atoms with Crippen LogP contribution in [0, 0.1) is 23.7 Å². The summed E-state index contributed by atoms with van der Waals surface area (Å²) in [4.78, 5) is 63.7. The van der Waals surface area contributed by atoms with Crippen molar-refractivity contribution in [2.75, 3.05) is 36.2 Å². The molecule has 0 aliphatic carbocycles. The van der Waals surface area contributed by atoms with E-state index in [1.807, 2.05) is 88.4 Å². The van der Waals surface area contributed by atoms with Gasteiger partial charge in [-0.1, -0.05) is 69.3 Å². The number of aromatic nitrogens is 1. The maximum Gasteiger partial charge on any atom is 0.417 e. The van der Waals surface area contributed by atoms with Crippen molar-refractivity contribution in [1.82, 2.24) is 20.5 Å². The molecule has 0 radical (unpaired) electrons. The third-order valence-electron chi connectivity index (χ3n) is 12.5. The number of rotatable bonds is 17. The molecule has 14 nitrogen and oxygen atoms in total. The van der Waals surface area contributed by atoms with Crippen LogP contribution in [0.2, 0.25) is 0 Å². The number of halogens is 3. The number of nitrogens with one attached hydrogen (secondary N) is 2. The van der Waals surface area contributed by atoms with E-state index in [1.165, 1.54) is 11.0 Å². The molecule has 0 unspecified atom stereocenters. The largest absolute Gasteiger partial charge is 0.494 e. The Kier molecular flexibility index (Phi) is 16.2. The van der Waals surface area contributed by atoms with Gasteiger partial charge in [-0.05, 0) is 116 Å². The predicted molar refractivity (Wildman–Crippen MR) is 272 cm³/mol. The highest BCUT2D eigenvalue weighted by Gasteiger charge is 2.51. The lowest BCUT2D eigenvalue weighted by atomic mass is 9.85. The topological polar surface area (TPSA) is 177 Å². The number of nitrogens with zero attached hydrogens (tertiary/aromatic N) is 5. The number of β-amino-alcohol motifs (C(OH)–C–C–N with tert-alkyl or cyclic N) is 1. The summed E-state index contributed by atoms with van der Waals surface area (Å²) in [7, 11) is 0. The van der Waals surface area contributed by atoms with E-state index in [9.17, 15) is 42.7 Å². The number of benzene rings is 4. The first-order valence-electron chi connectivity index (χ1n) is 23.3. The average Bonchev–Trinajstić information content (AvgIpc) is 4.01. The number of aliphatic hydroxyl groups excluding tert-OH is 1. The number of likely N-dealkylation sites (tertiary alicyclic amines) is 1. The maximum absolute atomic E-state index is 14.0. The lowest BCUT2D eigenvalue weighted by molar-refractivity contribution is -0.144. The molecule has 2 fully saturated rings. The Morgan fingerprint density at radius 3 is 2.29 bits per heavy atom. The van der Waals surface area contributed by atoms with Crippen molar-refractivity contribution in [3.05, 3.63) is 119 Å². The second-order valence-corrected chi connectivity index (χ2v) is 20.5. The molecule has 3 atom stereocenters. The van der Waals surface area contributed by atoms with Gasteiger partial charge in [-0.25, -0.2) is 4.98 Å². The molecular formula is C53H56F3N7O7S2. The number of unbranched alkanes of at least 4 members (excludes halogenated alkanes) is 1. The molecule has 378 valence electrons. The summed E-state index contributed by atoms with van der Waals surface area (Å²) in [5, 5.41) is 25.6. The SMILES string of the molecule is Cc1ncsc1-c1ccc(CNC(=O)[C@@H]2C[C@@H](O)CN2C(=O)[C@@H](NC(=O)COCCCCOc2cccc(-c3ccc(N4C(=S)N(c5ccc(C#N)c(C(F)(F)F)c5)C(=O)C4(C)C)cc3)c2)C(C)(C)C)cc1. The smallest absolute Gasteiger partial charge is 0.417 e. The highest BCUT2D eigenvalue weighted by atomic mass is 32.1. The van der Waals surface area contributed by atoms with Crippen LogP contribution in [-0.2, 0) is 36.6 Å². The van der Waals surface area contributed by atoms with Gasteiger partial charge in [0.05, 0.1) is 51.7 Å². The van der Waals surface area contributed by atoms with Gasteiger partial charge in [0.25, 0.3) is 5.91 Å². The summed E-state index contributed by atoms with van der Waals surface area (Å²) >= 11 is 7.24. The molecule has 2 aliphatic heterocycles. The molecule has 1 aromatic heterocycles. The van der Waals surface area contributed by atoms with Crippen molar-refractivity contribution >= 4 is 63.7 Å². The number of alkyl halides is 3. The van der Waals surface area contributed by atoms with E-state index >= 15 is 0 Å². The minimum Gasteiger partial charge on any atom is -0.494 e. The highest BCUT2D eigenvalue weighted by molar-refractivity contribution is 7.81. The summed E-state index contributed by atoms with van der Waals surface area (Å²) in [5.74, 6) is -1.25. The van der Waals surface area contributed by atoms with Crippen molar-refractivity contribution in [2.24, 2.45) is 5.41 Å². The zero-order chi connectivity index (χ0) is 52.1. The first kappa shape index (κ1) is 53.1. The predicted octanol–water partition coefficient (Wildman–Crippen LogP) is 8.58. The summed E-state index contributed by atoms with van der Waals surface area (Å²) < 4.78 is 53.1. The van der Waals surface area contributed by atoms with Crippen LogP contribution in [-0.4, -0.2) is 93.8 Å². The first-order valence-corrected chi connectivity index (χ1v) is 24.6. The van der Waals surface area contributed by atoms with Crippen LogP contribution in [0.5, 0.6) is 5.75 Å². The highest BCUT2D eigenvalue weighted by Crippen LogP contribution is 2.40. The van der Waals surface area contributed by atoms with Gasteiger partial charge in [0, 0.05) is 31.8 Å². The Hall–Kier alpha value is -6.72. The number of aryl methyl sites for hydroxylation is 1. The molecule has 72 heavy (non-hydrogen) atoms. The Morgan fingerprint density at radius 1 is 0.958 bits per heavy atom. The van der Waals surface area contributed by atoms with Crippen molar-refractivity contribution in [3.63, 3.8) is 0 Å². The van der Waals surface area contributed by atoms with Crippen molar-refractivity contribution < 1.29 is 46.9 Å². The lowest BCUT2D eigenvalue weighted by Crippen LogP contribution is -2.58. The van der Waals surface area contributed by atoms with E-state index in [0.717, 1.165) is 49.9 Å². The minimum absolute atomic E-state index is 0.00432. The number of ether oxygens (including phenoxy) is 2. The molecular weight excluding hydrogens is 968 g/mol. The van der Waals surface area contributed by atoms with Crippen LogP contribution in [0.3, 0.4) is 0 Å². The van der Waals surface area contributed by atoms with Crippen LogP contribution in [0.1, 0.15) is 76.3 Å². The zero-order valence-electron chi connectivity index (χ0n) is 40.7. The Morgan fingerprint density at radius 2 is 1.64 bits per heavy atom.